The molecule has 3 atom stereocenters. The van der Waals surface area contributed by atoms with Crippen LogP contribution in [-0.2, 0) is 21.4 Å². The van der Waals surface area contributed by atoms with Crippen molar-refractivity contribution in [2.75, 3.05) is 18.9 Å². The van der Waals surface area contributed by atoms with Crippen molar-refractivity contribution in [2.24, 2.45) is 5.92 Å². The summed E-state index contributed by atoms with van der Waals surface area (Å²) in [5.74, 6) is -1.87. The molecule has 1 aromatic heterocycles. The van der Waals surface area contributed by atoms with Crippen LogP contribution in [0, 0.1) is 5.92 Å². The van der Waals surface area contributed by atoms with Gasteiger partial charge in [-0.05, 0) is 29.7 Å². The van der Waals surface area contributed by atoms with Gasteiger partial charge in [-0.3, -0.25) is 14.6 Å². The zero-order chi connectivity index (χ0) is 24.0. The zero-order valence-electron chi connectivity index (χ0n) is 18.7. The number of nitrogens with zero attached hydrogens (tertiary/aromatic N) is 2. The molecule has 0 bridgehead atoms. The first kappa shape index (κ1) is 23.1. The van der Waals surface area contributed by atoms with E-state index in [0.29, 0.717) is 10.6 Å². The molecule has 1 aliphatic carbocycles. The van der Waals surface area contributed by atoms with E-state index in [1.807, 2.05) is 12.1 Å². The maximum atomic E-state index is 13.9. The molecule has 2 aliphatic rings. The second kappa shape index (κ2) is 8.35. The highest BCUT2D eigenvalue weighted by Crippen LogP contribution is 2.41. The van der Waals surface area contributed by atoms with Crippen LogP contribution in [0.4, 0.5) is 18.9 Å². The van der Waals surface area contributed by atoms with Gasteiger partial charge >= 0.3 is 6.18 Å². The van der Waals surface area contributed by atoms with E-state index in [9.17, 15) is 22.8 Å². The summed E-state index contributed by atoms with van der Waals surface area (Å²) in [6, 6.07) is 8.95. The quantitative estimate of drug-likeness (QED) is 0.715. The molecule has 2 aromatic rings. The molecule has 1 aromatic carbocycles. The molecule has 0 radical (unpaired) electrons. The molecule has 33 heavy (non-hydrogen) atoms. The number of rotatable bonds is 5. The maximum absolute atomic E-state index is 13.9. The van der Waals surface area contributed by atoms with E-state index in [0.717, 1.165) is 13.5 Å². The number of carbonyl (C=O) groups is 2. The molecule has 4 rings (SSSR count). The fraction of sp³-hybridized carbons (Fsp3) is 0.458. The molecule has 1 unspecified atom stereocenters. The summed E-state index contributed by atoms with van der Waals surface area (Å²) in [5.41, 5.74) is 2.70. The van der Waals surface area contributed by atoms with Gasteiger partial charge in [0.25, 0.3) is 0 Å². The summed E-state index contributed by atoms with van der Waals surface area (Å²) in [6.45, 7) is 4.32. The first-order valence-electron chi connectivity index (χ1n) is 10.9. The van der Waals surface area contributed by atoms with Crippen LogP contribution in [-0.4, -0.2) is 47.5 Å². The van der Waals surface area contributed by atoms with Gasteiger partial charge in [-0.1, -0.05) is 38.1 Å². The number of halogens is 3. The average molecular weight is 461 g/mol. The van der Waals surface area contributed by atoms with Crippen LogP contribution in [0.25, 0.3) is 0 Å². The lowest BCUT2D eigenvalue weighted by Gasteiger charge is -2.32. The minimum Gasteiger partial charge on any atom is -0.380 e. The normalized spacial score (nSPS) is 22.4. The molecular weight excluding hydrogens is 433 g/mol. The molecule has 1 saturated heterocycles. The number of aromatic nitrogens is 1. The number of fused-ring (bicyclic) bond motifs is 1. The van der Waals surface area contributed by atoms with E-state index in [1.165, 1.54) is 23.4 Å². The number of amides is 2. The number of carbonyl (C=O) groups excluding carboxylic acids is 2. The first-order valence-corrected chi connectivity index (χ1v) is 10.9. The fourth-order valence-corrected chi connectivity index (χ4v) is 4.86. The van der Waals surface area contributed by atoms with Gasteiger partial charge in [0.2, 0.25) is 11.8 Å². The molecule has 2 amide bonds. The number of benzene rings is 1. The summed E-state index contributed by atoms with van der Waals surface area (Å²) in [6.07, 6.45) is -2.63. The Balaban J connectivity index is 1.52. The standard InChI is InChI=1S/C24H27F3N4O2/c1-23(2)17-7-5-4-6-14(17)10-19(23)30-16-8-9-18(28-13-16)21(24(25,26)27)31(3)22(33)15-11-20(32)29-12-15/h4-9,13,15,19,21,30H,10-12H2,1-3H3,(H,29,32)/t15-,19-,21?/m0/s1. The maximum Gasteiger partial charge on any atom is 0.414 e. The summed E-state index contributed by atoms with van der Waals surface area (Å²) < 4.78 is 41.8. The molecule has 176 valence electrons. The summed E-state index contributed by atoms with van der Waals surface area (Å²) in [4.78, 5) is 28.7. The fourth-order valence-electron chi connectivity index (χ4n) is 4.86. The van der Waals surface area contributed by atoms with E-state index in [1.54, 1.807) is 6.07 Å². The lowest BCUT2D eigenvalue weighted by Crippen LogP contribution is -2.43. The second-order valence-corrected chi connectivity index (χ2v) is 9.35. The van der Waals surface area contributed by atoms with E-state index in [2.05, 4.69) is 41.6 Å². The average Bonchev–Trinajstić information content (AvgIpc) is 3.29. The van der Waals surface area contributed by atoms with Gasteiger partial charge in [0.05, 0.1) is 23.5 Å². The molecule has 1 aliphatic heterocycles. The van der Waals surface area contributed by atoms with Gasteiger partial charge in [-0.2, -0.15) is 13.2 Å². The number of nitrogens with one attached hydrogen (secondary N) is 2. The molecule has 2 heterocycles. The van der Waals surface area contributed by atoms with Crippen molar-refractivity contribution in [3.63, 3.8) is 0 Å². The number of alkyl halides is 3. The lowest BCUT2D eigenvalue weighted by molar-refractivity contribution is -0.191. The Bertz CT molecular complexity index is 1050. The Kier molecular flexibility index (Phi) is 5.84. The van der Waals surface area contributed by atoms with Crippen LogP contribution in [0.2, 0.25) is 0 Å². The van der Waals surface area contributed by atoms with Crippen molar-refractivity contribution < 1.29 is 22.8 Å². The van der Waals surface area contributed by atoms with E-state index in [-0.39, 0.29) is 36.0 Å². The Morgan fingerprint density at radius 1 is 1.21 bits per heavy atom. The highest BCUT2D eigenvalue weighted by molar-refractivity contribution is 5.89. The van der Waals surface area contributed by atoms with Crippen LogP contribution < -0.4 is 10.6 Å². The van der Waals surface area contributed by atoms with E-state index >= 15 is 0 Å². The van der Waals surface area contributed by atoms with Crippen molar-refractivity contribution in [3.05, 3.63) is 59.4 Å². The highest BCUT2D eigenvalue weighted by atomic mass is 19.4. The predicted molar refractivity (Wildman–Crippen MR) is 118 cm³/mol. The Hall–Kier alpha value is -3.10. The highest BCUT2D eigenvalue weighted by Gasteiger charge is 2.48. The summed E-state index contributed by atoms with van der Waals surface area (Å²) in [5, 5.41) is 5.90. The van der Waals surface area contributed by atoms with Gasteiger partial charge in [-0.15, -0.1) is 0 Å². The Labute approximate surface area is 190 Å². The van der Waals surface area contributed by atoms with Crippen LogP contribution in [0.3, 0.4) is 0 Å². The summed E-state index contributed by atoms with van der Waals surface area (Å²) >= 11 is 0. The third-order valence-electron chi connectivity index (χ3n) is 6.79. The van der Waals surface area contributed by atoms with Gasteiger partial charge in [-0.25, -0.2) is 0 Å². The minimum atomic E-state index is -4.71. The van der Waals surface area contributed by atoms with Gasteiger partial charge in [0.15, 0.2) is 6.04 Å². The van der Waals surface area contributed by atoms with Crippen molar-refractivity contribution in [2.45, 2.75) is 50.4 Å². The van der Waals surface area contributed by atoms with Crippen LogP contribution >= 0.6 is 0 Å². The van der Waals surface area contributed by atoms with Crippen molar-refractivity contribution in [1.29, 1.82) is 0 Å². The SMILES string of the molecule is CN(C(=O)[C@@H]1CNC(=O)C1)C(c1ccc(N[C@H]2Cc3ccccc3C2(C)C)cn1)C(F)(F)F. The van der Waals surface area contributed by atoms with E-state index in [4.69, 9.17) is 0 Å². The number of anilines is 1. The molecule has 6 nitrogen and oxygen atoms in total. The monoisotopic (exact) mass is 460 g/mol. The van der Waals surface area contributed by atoms with Gasteiger partial charge in [0, 0.05) is 31.5 Å². The molecular formula is C24H27F3N4O2. The van der Waals surface area contributed by atoms with E-state index < -0.39 is 24.0 Å². The zero-order valence-corrected chi connectivity index (χ0v) is 18.7. The second-order valence-electron chi connectivity index (χ2n) is 9.35. The number of hydrogen-bond donors (Lipinski definition) is 2. The van der Waals surface area contributed by atoms with Crippen LogP contribution in [0.5, 0.6) is 0 Å². The third-order valence-corrected chi connectivity index (χ3v) is 6.79. The molecule has 0 saturated carbocycles. The predicted octanol–water partition coefficient (Wildman–Crippen LogP) is 3.59. The van der Waals surface area contributed by atoms with Crippen LogP contribution in [0.15, 0.2) is 42.6 Å². The van der Waals surface area contributed by atoms with Gasteiger partial charge in [0.1, 0.15) is 0 Å². The van der Waals surface area contributed by atoms with Crippen molar-refractivity contribution >= 4 is 17.5 Å². The van der Waals surface area contributed by atoms with Crippen molar-refractivity contribution in [1.82, 2.24) is 15.2 Å². The smallest absolute Gasteiger partial charge is 0.380 e. The topological polar surface area (TPSA) is 74.3 Å². The Morgan fingerprint density at radius 3 is 2.52 bits per heavy atom. The molecule has 1 fully saturated rings. The number of pyridine rings is 1. The Morgan fingerprint density at radius 2 is 1.94 bits per heavy atom. The lowest BCUT2D eigenvalue weighted by atomic mass is 9.83. The molecule has 0 spiro atoms. The van der Waals surface area contributed by atoms with Crippen LogP contribution in [0.1, 0.15) is 43.1 Å². The number of hydrogen-bond acceptors (Lipinski definition) is 4. The minimum absolute atomic E-state index is 0.0441. The molecule has 9 heteroatoms. The first-order chi connectivity index (χ1) is 15.5. The largest absolute Gasteiger partial charge is 0.414 e. The van der Waals surface area contributed by atoms with Crippen molar-refractivity contribution in [3.8, 4) is 0 Å². The third kappa shape index (κ3) is 4.41. The molecule has 2 N–H and O–H groups in total. The van der Waals surface area contributed by atoms with Gasteiger partial charge < -0.3 is 15.5 Å². The summed E-state index contributed by atoms with van der Waals surface area (Å²) in [7, 11) is 1.11.